The molecule has 1 unspecified atom stereocenters. The molecule has 0 radical (unpaired) electrons. The molecule has 4 amide bonds. The molecule has 6 nitrogen and oxygen atoms in total. The maximum absolute atomic E-state index is 13.8. The Labute approximate surface area is 199 Å². The van der Waals surface area contributed by atoms with Crippen LogP contribution in [0.25, 0.3) is 0 Å². The maximum atomic E-state index is 13.8. The molecule has 184 valence electrons. The minimum atomic E-state index is -0.265. The van der Waals surface area contributed by atoms with E-state index in [1.807, 2.05) is 39.6 Å². The van der Waals surface area contributed by atoms with Gasteiger partial charge < -0.3 is 10.2 Å². The summed E-state index contributed by atoms with van der Waals surface area (Å²) < 4.78 is 0. The van der Waals surface area contributed by atoms with Crippen molar-refractivity contribution in [3.8, 4) is 0 Å². The maximum Gasteiger partial charge on any atom is 0.324 e. The Morgan fingerprint density at radius 3 is 2.42 bits per heavy atom. The zero-order valence-corrected chi connectivity index (χ0v) is 21.6. The van der Waals surface area contributed by atoms with Crippen LogP contribution in [0, 0.1) is 34.5 Å². The van der Waals surface area contributed by atoms with Gasteiger partial charge in [-0.1, -0.05) is 19.9 Å². The van der Waals surface area contributed by atoms with E-state index in [-0.39, 0.29) is 46.7 Å². The summed E-state index contributed by atoms with van der Waals surface area (Å²) in [7, 11) is 1.94. The average Bonchev–Trinajstić information content (AvgIpc) is 3.07. The van der Waals surface area contributed by atoms with Gasteiger partial charge >= 0.3 is 6.03 Å². The molecule has 0 spiro atoms. The molecule has 0 bridgehead atoms. The Kier molecular flexibility index (Phi) is 6.20. The van der Waals surface area contributed by atoms with Crippen molar-refractivity contribution in [1.29, 1.82) is 0 Å². The molecule has 3 aliphatic carbocycles. The summed E-state index contributed by atoms with van der Waals surface area (Å²) in [4.78, 5) is 42.4. The van der Waals surface area contributed by atoms with Crippen LogP contribution in [0.4, 0.5) is 4.79 Å². The lowest BCUT2D eigenvalue weighted by atomic mass is 9.49. The monoisotopic (exact) mass is 457 g/mol. The number of piperidine rings is 1. The number of urea groups is 1. The first-order valence-electron chi connectivity index (χ1n) is 13.0. The van der Waals surface area contributed by atoms with Gasteiger partial charge in [0, 0.05) is 42.6 Å². The van der Waals surface area contributed by atoms with Crippen LogP contribution in [0.1, 0.15) is 86.5 Å². The highest BCUT2D eigenvalue weighted by Crippen LogP contribution is 2.66. The van der Waals surface area contributed by atoms with Crippen LogP contribution in [0.2, 0.25) is 0 Å². The number of rotatable bonds is 3. The van der Waals surface area contributed by atoms with Crippen molar-refractivity contribution < 1.29 is 14.4 Å². The van der Waals surface area contributed by atoms with Crippen molar-refractivity contribution >= 4 is 17.8 Å². The predicted octanol–water partition coefficient (Wildman–Crippen LogP) is 4.95. The van der Waals surface area contributed by atoms with Crippen LogP contribution in [0.15, 0.2) is 11.8 Å². The third kappa shape index (κ3) is 3.72. The van der Waals surface area contributed by atoms with Crippen LogP contribution in [-0.2, 0) is 9.59 Å². The van der Waals surface area contributed by atoms with E-state index in [4.69, 9.17) is 0 Å². The Hall–Kier alpha value is -1.85. The minimum absolute atomic E-state index is 0.00151. The first kappa shape index (κ1) is 24.3. The van der Waals surface area contributed by atoms with Gasteiger partial charge in [0.05, 0.1) is 0 Å². The van der Waals surface area contributed by atoms with E-state index in [2.05, 4.69) is 25.2 Å². The van der Waals surface area contributed by atoms with E-state index < -0.39 is 0 Å². The van der Waals surface area contributed by atoms with E-state index in [1.165, 1.54) is 10.6 Å². The molecular formula is C27H43N3O3. The number of nitrogens with one attached hydrogen (secondary N) is 1. The van der Waals surface area contributed by atoms with Crippen LogP contribution in [-0.4, -0.2) is 46.8 Å². The number of amides is 4. The molecule has 4 aliphatic rings. The van der Waals surface area contributed by atoms with E-state index in [1.54, 1.807) is 0 Å². The lowest BCUT2D eigenvalue weighted by Gasteiger charge is -2.58. The lowest BCUT2D eigenvalue weighted by Crippen LogP contribution is -2.56. The number of hydrogen-bond acceptors (Lipinski definition) is 3. The number of imide groups is 1. The minimum Gasteiger partial charge on any atom is -0.335 e. The lowest BCUT2D eigenvalue weighted by molar-refractivity contribution is -0.143. The smallest absolute Gasteiger partial charge is 0.324 e. The molecule has 1 N–H and O–H groups in total. The highest BCUT2D eigenvalue weighted by Gasteiger charge is 2.61. The second-order valence-corrected chi connectivity index (χ2v) is 12.2. The summed E-state index contributed by atoms with van der Waals surface area (Å²) in [5.74, 6) is 1.74. The van der Waals surface area contributed by atoms with E-state index in [0.717, 1.165) is 38.5 Å². The molecule has 4 rings (SSSR count). The number of allylic oxidation sites excluding steroid dienone is 2. The highest BCUT2D eigenvalue weighted by molar-refractivity contribution is 5.96. The fourth-order valence-corrected chi connectivity index (χ4v) is 8.06. The fourth-order valence-electron chi connectivity index (χ4n) is 8.06. The summed E-state index contributed by atoms with van der Waals surface area (Å²) in [6.07, 6.45) is 8.93. The van der Waals surface area contributed by atoms with Gasteiger partial charge in [-0.15, -0.1) is 0 Å². The number of carbonyl (C=O) groups excluding carboxylic acids is 3. The molecule has 2 saturated carbocycles. The molecule has 6 heteroatoms. The van der Waals surface area contributed by atoms with Crippen LogP contribution >= 0.6 is 0 Å². The van der Waals surface area contributed by atoms with Crippen LogP contribution < -0.4 is 5.32 Å². The Balaban J connectivity index is 1.60. The SMILES string of the molecule is CC(C)NC(=O)N(C(=O)C1CC[C@H]2[C@@H]3CC=C4N(C)C(=O)CC[C@]4(C)[C@@H]3CC[C@]12C)C(C)C. The molecule has 1 saturated heterocycles. The third-order valence-electron chi connectivity index (χ3n) is 9.70. The number of nitrogens with zero attached hydrogens (tertiary/aromatic N) is 2. The van der Waals surface area contributed by atoms with Crippen LogP contribution in [0.3, 0.4) is 0 Å². The highest BCUT2D eigenvalue weighted by atomic mass is 16.2. The quantitative estimate of drug-likeness (QED) is 0.652. The number of hydrogen-bond donors (Lipinski definition) is 1. The predicted molar refractivity (Wildman–Crippen MR) is 129 cm³/mol. The Bertz CT molecular complexity index is 865. The van der Waals surface area contributed by atoms with Crippen LogP contribution in [0.5, 0.6) is 0 Å². The molecule has 33 heavy (non-hydrogen) atoms. The van der Waals surface area contributed by atoms with Crippen molar-refractivity contribution in [2.24, 2.45) is 34.5 Å². The van der Waals surface area contributed by atoms with Crippen molar-refractivity contribution in [3.63, 3.8) is 0 Å². The molecule has 0 aromatic heterocycles. The number of fused-ring (bicyclic) bond motifs is 5. The zero-order valence-electron chi connectivity index (χ0n) is 21.6. The van der Waals surface area contributed by atoms with Gasteiger partial charge in [-0.3, -0.25) is 14.5 Å². The topological polar surface area (TPSA) is 69.7 Å². The second-order valence-electron chi connectivity index (χ2n) is 12.2. The number of carbonyl (C=O) groups is 3. The molecular weight excluding hydrogens is 414 g/mol. The molecule has 1 aliphatic heterocycles. The number of likely N-dealkylation sites (tertiary alicyclic amines) is 1. The van der Waals surface area contributed by atoms with Crippen molar-refractivity contribution in [3.05, 3.63) is 11.8 Å². The van der Waals surface area contributed by atoms with Crippen molar-refractivity contribution in [2.75, 3.05) is 7.05 Å². The molecule has 3 fully saturated rings. The molecule has 0 aromatic carbocycles. The molecule has 0 aromatic rings. The second kappa shape index (κ2) is 8.42. The summed E-state index contributed by atoms with van der Waals surface area (Å²) in [6.45, 7) is 12.4. The van der Waals surface area contributed by atoms with E-state index in [9.17, 15) is 14.4 Å². The van der Waals surface area contributed by atoms with Gasteiger partial charge in [-0.25, -0.2) is 4.79 Å². The van der Waals surface area contributed by atoms with Gasteiger partial charge in [0.2, 0.25) is 11.8 Å². The first-order valence-corrected chi connectivity index (χ1v) is 13.0. The van der Waals surface area contributed by atoms with Gasteiger partial charge in [0.15, 0.2) is 0 Å². The zero-order chi connectivity index (χ0) is 24.3. The summed E-state index contributed by atoms with van der Waals surface area (Å²) in [6, 6.07) is -0.429. The fraction of sp³-hybridized carbons (Fsp3) is 0.815. The Morgan fingerprint density at radius 2 is 1.79 bits per heavy atom. The largest absolute Gasteiger partial charge is 0.335 e. The standard InChI is InChI=1S/C27H43N3O3/c1-16(2)28-25(33)30(17(3)4)24(32)21-10-9-19-18-8-11-22-27(6,15-13-23(31)29(22)7)20(18)12-14-26(19,21)5/h11,16-21H,8-10,12-15H2,1-7H3,(H,28,33)/t18-,19-,20+,21?,26-,27+/m0/s1. The van der Waals surface area contributed by atoms with E-state index >= 15 is 0 Å². The molecule has 6 atom stereocenters. The summed E-state index contributed by atoms with van der Waals surface area (Å²) in [5, 5.41) is 2.93. The summed E-state index contributed by atoms with van der Waals surface area (Å²) >= 11 is 0. The third-order valence-corrected chi connectivity index (χ3v) is 9.70. The van der Waals surface area contributed by atoms with Gasteiger partial charge in [-0.2, -0.15) is 0 Å². The van der Waals surface area contributed by atoms with Crippen molar-refractivity contribution in [1.82, 2.24) is 15.1 Å². The van der Waals surface area contributed by atoms with Gasteiger partial charge in [0.25, 0.3) is 0 Å². The van der Waals surface area contributed by atoms with Gasteiger partial charge in [0.1, 0.15) is 0 Å². The molecule has 1 heterocycles. The summed E-state index contributed by atoms with van der Waals surface area (Å²) in [5.41, 5.74) is 1.21. The Morgan fingerprint density at radius 1 is 1.09 bits per heavy atom. The van der Waals surface area contributed by atoms with Crippen molar-refractivity contribution in [2.45, 2.75) is 98.6 Å². The van der Waals surface area contributed by atoms with E-state index in [0.29, 0.717) is 24.2 Å². The first-order chi connectivity index (χ1) is 15.4. The normalized spacial score (nSPS) is 37.9. The van der Waals surface area contributed by atoms with Gasteiger partial charge in [-0.05, 0) is 89.4 Å². The average molecular weight is 458 g/mol.